The van der Waals surface area contributed by atoms with E-state index in [1.54, 1.807) is 6.07 Å². The average Bonchev–Trinajstić information content (AvgIpc) is 2.61. The molecule has 0 amide bonds. The van der Waals surface area contributed by atoms with Crippen LogP contribution in [0.25, 0.3) is 0 Å². The zero-order valence-corrected chi connectivity index (χ0v) is 17.0. The molecule has 2 N–H and O–H groups in total. The number of phenols is 2. The maximum atomic E-state index is 9.71. The van der Waals surface area contributed by atoms with Crippen molar-refractivity contribution < 1.29 is 10.2 Å². The monoisotopic (exact) mass is 356 g/mol. The van der Waals surface area contributed by atoms with Crippen molar-refractivity contribution in [2.24, 2.45) is 0 Å². The fourth-order valence-electron chi connectivity index (χ4n) is 2.99. The quantitative estimate of drug-likeness (QED) is 0.500. The molecule has 0 saturated carbocycles. The van der Waals surface area contributed by atoms with E-state index in [0.29, 0.717) is 11.5 Å². The Bertz CT molecular complexity index is 647. The Hall–Kier alpha value is -1.96. The first-order chi connectivity index (χ1) is 12.4. The van der Waals surface area contributed by atoms with Crippen LogP contribution in [0, 0.1) is 20.8 Å². The predicted octanol–water partition coefficient (Wildman–Crippen LogP) is 7.00. The van der Waals surface area contributed by atoms with Crippen molar-refractivity contribution in [2.45, 2.75) is 79.1 Å². The van der Waals surface area contributed by atoms with Gasteiger partial charge in [0, 0.05) is 0 Å². The molecule has 0 bridgehead atoms. The number of phenolic OH excluding ortho intramolecular Hbond substituents is 2. The van der Waals surface area contributed by atoms with Crippen molar-refractivity contribution >= 4 is 0 Å². The van der Waals surface area contributed by atoms with Crippen LogP contribution < -0.4 is 0 Å². The molecule has 0 heterocycles. The number of benzene rings is 2. The zero-order chi connectivity index (χ0) is 19.4. The largest absolute Gasteiger partial charge is 0.508 e. The van der Waals surface area contributed by atoms with E-state index in [-0.39, 0.29) is 0 Å². The van der Waals surface area contributed by atoms with Crippen LogP contribution in [0.2, 0.25) is 0 Å². The van der Waals surface area contributed by atoms with Crippen LogP contribution in [0.4, 0.5) is 0 Å². The molecule has 2 aromatic carbocycles. The molecule has 0 atom stereocenters. The molecule has 0 aliphatic heterocycles. The highest BCUT2D eigenvalue weighted by Crippen LogP contribution is 2.21. The van der Waals surface area contributed by atoms with Crippen molar-refractivity contribution in [1.82, 2.24) is 0 Å². The lowest BCUT2D eigenvalue weighted by molar-refractivity contribution is 0.465. The SMILES string of the molecule is CCCCCCCCCc1cc(C)ccc1O.Cc1ccc(O)c(C)c1. The minimum Gasteiger partial charge on any atom is -0.508 e. The van der Waals surface area contributed by atoms with Gasteiger partial charge >= 0.3 is 0 Å². The normalized spacial score (nSPS) is 10.3. The standard InChI is InChI=1S/C16H26O.C8H10O/c1-3-4-5-6-7-8-9-10-15-13-14(2)11-12-16(15)17;1-6-3-4-8(9)7(2)5-6/h11-13,17H,3-10H2,1-2H3;3-5,9H,1-2H3. The highest BCUT2D eigenvalue weighted by molar-refractivity contribution is 5.35. The van der Waals surface area contributed by atoms with Gasteiger partial charge in [-0.1, -0.05) is 80.8 Å². The molecule has 0 radical (unpaired) electrons. The van der Waals surface area contributed by atoms with Gasteiger partial charge in [-0.25, -0.2) is 0 Å². The van der Waals surface area contributed by atoms with Crippen molar-refractivity contribution in [1.29, 1.82) is 0 Å². The number of aryl methyl sites for hydroxylation is 4. The third-order valence-electron chi connectivity index (χ3n) is 4.64. The van der Waals surface area contributed by atoms with E-state index in [9.17, 15) is 5.11 Å². The Morgan fingerprint density at radius 2 is 1.19 bits per heavy atom. The summed E-state index contributed by atoms with van der Waals surface area (Å²) in [6.07, 6.45) is 10.3. The second-order valence-corrected chi connectivity index (χ2v) is 7.29. The van der Waals surface area contributed by atoms with Crippen molar-refractivity contribution in [3.05, 3.63) is 58.7 Å². The molecule has 0 aliphatic carbocycles. The van der Waals surface area contributed by atoms with Crippen LogP contribution >= 0.6 is 0 Å². The Labute approximate surface area is 159 Å². The van der Waals surface area contributed by atoms with Crippen LogP contribution in [0.1, 0.15) is 74.1 Å². The van der Waals surface area contributed by atoms with E-state index in [0.717, 1.165) is 17.5 Å². The lowest BCUT2D eigenvalue weighted by atomic mass is 10.0. The lowest BCUT2D eigenvalue weighted by Gasteiger charge is -2.06. The summed E-state index contributed by atoms with van der Waals surface area (Å²) in [5.41, 5.74) is 4.47. The van der Waals surface area contributed by atoms with E-state index >= 15 is 0 Å². The first-order valence-corrected chi connectivity index (χ1v) is 9.98. The van der Waals surface area contributed by atoms with Gasteiger partial charge in [-0.15, -0.1) is 0 Å². The third kappa shape index (κ3) is 8.94. The summed E-state index contributed by atoms with van der Waals surface area (Å²) in [6.45, 7) is 8.23. The zero-order valence-electron chi connectivity index (χ0n) is 17.0. The van der Waals surface area contributed by atoms with Crippen LogP contribution in [0.3, 0.4) is 0 Å². The third-order valence-corrected chi connectivity index (χ3v) is 4.64. The summed E-state index contributed by atoms with van der Waals surface area (Å²) >= 11 is 0. The molecule has 0 aliphatic rings. The van der Waals surface area contributed by atoms with Gasteiger partial charge in [-0.3, -0.25) is 0 Å². The van der Waals surface area contributed by atoms with E-state index in [4.69, 9.17) is 5.11 Å². The molecule has 0 saturated heterocycles. The molecule has 2 heteroatoms. The van der Waals surface area contributed by atoms with E-state index < -0.39 is 0 Å². The minimum atomic E-state index is 0.376. The molecule has 0 spiro atoms. The van der Waals surface area contributed by atoms with Crippen molar-refractivity contribution in [3.63, 3.8) is 0 Å². The maximum absolute atomic E-state index is 9.71. The van der Waals surface area contributed by atoms with Crippen LogP contribution in [-0.2, 0) is 6.42 Å². The summed E-state index contributed by atoms with van der Waals surface area (Å²) in [5.74, 6) is 0.835. The summed E-state index contributed by atoms with van der Waals surface area (Å²) in [5, 5.41) is 18.8. The van der Waals surface area contributed by atoms with Gasteiger partial charge in [0.25, 0.3) is 0 Å². The van der Waals surface area contributed by atoms with Crippen LogP contribution in [-0.4, -0.2) is 10.2 Å². The molecular weight excluding hydrogens is 320 g/mol. The van der Waals surface area contributed by atoms with Gasteiger partial charge < -0.3 is 10.2 Å². The van der Waals surface area contributed by atoms with Crippen LogP contribution in [0.15, 0.2) is 36.4 Å². The second-order valence-electron chi connectivity index (χ2n) is 7.29. The lowest BCUT2D eigenvalue weighted by Crippen LogP contribution is -1.88. The molecule has 0 aromatic heterocycles. The summed E-state index contributed by atoms with van der Waals surface area (Å²) in [7, 11) is 0. The van der Waals surface area contributed by atoms with E-state index in [1.807, 2.05) is 38.1 Å². The molecule has 2 nitrogen and oxygen atoms in total. The Morgan fingerprint density at radius 1 is 0.654 bits per heavy atom. The average molecular weight is 357 g/mol. The summed E-state index contributed by atoms with van der Waals surface area (Å²) < 4.78 is 0. The molecule has 144 valence electrons. The molecule has 2 aromatic rings. The van der Waals surface area contributed by atoms with E-state index in [2.05, 4.69) is 19.9 Å². The Morgan fingerprint density at radius 3 is 1.77 bits per heavy atom. The first kappa shape index (κ1) is 22.1. The molecule has 0 fully saturated rings. The van der Waals surface area contributed by atoms with E-state index in [1.165, 1.54) is 56.1 Å². The highest BCUT2D eigenvalue weighted by Gasteiger charge is 2.01. The van der Waals surface area contributed by atoms with Gasteiger partial charge in [0.1, 0.15) is 11.5 Å². The number of hydrogen-bond acceptors (Lipinski definition) is 2. The van der Waals surface area contributed by atoms with Gasteiger partial charge in [0.2, 0.25) is 0 Å². The summed E-state index contributed by atoms with van der Waals surface area (Å²) in [6, 6.07) is 11.4. The van der Waals surface area contributed by atoms with Crippen molar-refractivity contribution in [3.8, 4) is 11.5 Å². The minimum absolute atomic E-state index is 0.376. The van der Waals surface area contributed by atoms with Gasteiger partial charge in [-0.2, -0.15) is 0 Å². The molecule has 26 heavy (non-hydrogen) atoms. The molecule has 0 unspecified atom stereocenters. The molecule has 2 rings (SSSR count). The number of rotatable bonds is 8. The highest BCUT2D eigenvalue weighted by atomic mass is 16.3. The second kappa shape index (κ2) is 12.4. The van der Waals surface area contributed by atoms with Gasteiger partial charge in [-0.05, 0) is 56.9 Å². The maximum Gasteiger partial charge on any atom is 0.118 e. The smallest absolute Gasteiger partial charge is 0.118 e. The molecular formula is C24H36O2. The van der Waals surface area contributed by atoms with Gasteiger partial charge in [0.15, 0.2) is 0 Å². The number of hydrogen-bond donors (Lipinski definition) is 2. The predicted molar refractivity (Wildman–Crippen MR) is 112 cm³/mol. The first-order valence-electron chi connectivity index (χ1n) is 9.98. The number of aromatic hydroxyl groups is 2. The fraction of sp³-hybridized carbons (Fsp3) is 0.500. The topological polar surface area (TPSA) is 40.5 Å². The van der Waals surface area contributed by atoms with Crippen molar-refractivity contribution in [2.75, 3.05) is 0 Å². The number of unbranched alkanes of at least 4 members (excludes halogenated alkanes) is 6. The Balaban J connectivity index is 0.000000314. The Kier molecular flexibility index (Phi) is 10.5. The summed E-state index contributed by atoms with van der Waals surface area (Å²) in [4.78, 5) is 0. The fourth-order valence-corrected chi connectivity index (χ4v) is 2.99. The van der Waals surface area contributed by atoms with Crippen LogP contribution in [0.5, 0.6) is 11.5 Å². The van der Waals surface area contributed by atoms with Gasteiger partial charge in [0.05, 0.1) is 0 Å².